The molecule has 0 spiro atoms. The predicted octanol–water partition coefficient (Wildman–Crippen LogP) is 2.53. The van der Waals surface area contributed by atoms with Gasteiger partial charge in [0.1, 0.15) is 6.61 Å². The molecular formula is C13H19N5O2S. The molecule has 1 fully saturated rings. The second kappa shape index (κ2) is 6.07. The van der Waals surface area contributed by atoms with E-state index in [4.69, 9.17) is 9.26 Å². The third kappa shape index (κ3) is 2.91. The van der Waals surface area contributed by atoms with E-state index in [1.807, 2.05) is 13.8 Å². The van der Waals surface area contributed by atoms with Crippen LogP contribution in [0.4, 0.5) is 5.13 Å². The van der Waals surface area contributed by atoms with E-state index >= 15 is 0 Å². The Morgan fingerprint density at radius 2 is 2.29 bits per heavy atom. The number of methoxy groups -OCH3 is 1. The molecule has 0 saturated carbocycles. The number of nitrogens with zero attached hydrogens (tertiary/aromatic N) is 5. The Balaban J connectivity index is 1.80. The van der Waals surface area contributed by atoms with Crippen molar-refractivity contribution in [1.29, 1.82) is 0 Å². The monoisotopic (exact) mass is 309 g/mol. The lowest BCUT2D eigenvalue weighted by Gasteiger charge is -2.20. The number of ether oxygens (including phenoxy) is 1. The van der Waals surface area contributed by atoms with Crippen LogP contribution in [-0.4, -0.2) is 33.2 Å². The molecule has 1 aliphatic rings. The quantitative estimate of drug-likeness (QED) is 0.839. The average molecular weight is 309 g/mol. The fourth-order valence-electron chi connectivity index (χ4n) is 2.43. The van der Waals surface area contributed by atoms with E-state index in [9.17, 15) is 0 Å². The second-order valence-electron chi connectivity index (χ2n) is 5.42. The summed E-state index contributed by atoms with van der Waals surface area (Å²) >= 11 is 1.40. The summed E-state index contributed by atoms with van der Waals surface area (Å²) in [5.74, 6) is 2.41. The second-order valence-corrected chi connectivity index (χ2v) is 6.15. The summed E-state index contributed by atoms with van der Waals surface area (Å²) in [4.78, 5) is 11.3. The zero-order valence-electron chi connectivity index (χ0n) is 12.4. The minimum absolute atomic E-state index is 0.129. The van der Waals surface area contributed by atoms with Crippen molar-refractivity contribution in [3.63, 3.8) is 0 Å². The molecule has 8 heteroatoms. The van der Waals surface area contributed by atoms with Gasteiger partial charge in [-0.25, -0.2) is 4.98 Å². The normalized spacial score (nSPS) is 18.9. The molecule has 1 unspecified atom stereocenters. The summed E-state index contributed by atoms with van der Waals surface area (Å²) in [7, 11) is 1.64. The van der Waals surface area contributed by atoms with E-state index in [-0.39, 0.29) is 12.0 Å². The molecule has 1 saturated heterocycles. The van der Waals surface area contributed by atoms with Crippen LogP contribution in [0.2, 0.25) is 0 Å². The molecule has 0 N–H and O–H groups in total. The van der Waals surface area contributed by atoms with Gasteiger partial charge in [-0.05, 0) is 12.8 Å². The molecule has 3 rings (SSSR count). The SMILES string of the molecule is COCc1nsc(N2CCCC2c2noc(C(C)C)n2)n1. The molecule has 0 bridgehead atoms. The third-order valence-electron chi connectivity index (χ3n) is 3.48. The van der Waals surface area contributed by atoms with Crippen molar-refractivity contribution in [2.45, 2.75) is 45.3 Å². The Morgan fingerprint density at radius 1 is 1.43 bits per heavy atom. The number of hydrogen-bond acceptors (Lipinski definition) is 8. The van der Waals surface area contributed by atoms with Crippen LogP contribution in [0.15, 0.2) is 4.52 Å². The molecule has 2 aromatic rings. The van der Waals surface area contributed by atoms with Gasteiger partial charge < -0.3 is 14.2 Å². The van der Waals surface area contributed by atoms with Gasteiger partial charge in [0, 0.05) is 31.1 Å². The highest BCUT2D eigenvalue weighted by atomic mass is 32.1. The molecule has 1 aliphatic heterocycles. The Bertz CT molecular complexity index is 597. The summed E-state index contributed by atoms with van der Waals surface area (Å²) in [6.07, 6.45) is 2.10. The van der Waals surface area contributed by atoms with Gasteiger partial charge in [-0.15, -0.1) is 0 Å². The fourth-order valence-corrected chi connectivity index (χ4v) is 3.18. The van der Waals surface area contributed by atoms with E-state index in [2.05, 4.69) is 24.4 Å². The maximum absolute atomic E-state index is 5.33. The Kier molecular flexibility index (Phi) is 4.16. The molecule has 0 amide bonds. The van der Waals surface area contributed by atoms with Crippen molar-refractivity contribution < 1.29 is 9.26 Å². The highest BCUT2D eigenvalue weighted by Crippen LogP contribution is 2.36. The van der Waals surface area contributed by atoms with Gasteiger partial charge in [0.25, 0.3) is 0 Å². The zero-order chi connectivity index (χ0) is 14.8. The van der Waals surface area contributed by atoms with E-state index in [1.165, 1.54) is 11.5 Å². The summed E-state index contributed by atoms with van der Waals surface area (Å²) in [6, 6.07) is 0.129. The molecule has 114 valence electrons. The van der Waals surface area contributed by atoms with Gasteiger partial charge in [0.05, 0.1) is 6.04 Å². The Hall–Kier alpha value is -1.54. The van der Waals surface area contributed by atoms with E-state index in [0.29, 0.717) is 12.5 Å². The van der Waals surface area contributed by atoms with Crippen molar-refractivity contribution in [1.82, 2.24) is 19.5 Å². The summed E-state index contributed by atoms with van der Waals surface area (Å²) in [5.41, 5.74) is 0. The van der Waals surface area contributed by atoms with Crippen LogP contribution in [0.3, 0.4) is 0 Å². The number of anilines is 1. The van der Waals surface area contributed by atoms with Crippen molar-refractivity contribution in [3.05, 3.63) is 17.5 Å². The van der Waals surface area contributed by atoms with Crippen LogP contribution >= 0.6 is 11.5 Å². The first kappa shape index (κ1) is 14.4. The summed E-state index contributed by atoms with van der Waals surface area (Å²) < 4.78 is 14.7. The average Bonchev–Trinajstić information content (AvgIpc) is 3.18. The molecule has 0 aromatic carbocycles. The minimum Gasteiger partial charge on any atom is -0.377 e. The lowest BCUT2D eigenvalue weighted by Crippen LogP contribution is -2.23. The molecule has 0 radical (unpaired) electrons. The van der Waals surface area contributed by atoms with Crippen molar-refractivity contribution in [2.24, 2.45) is 0 Å². The topological polar surface area (TPSA) is 77.2 Å². The van der Waals surface area contributed by atoms with Gasteiger partial charge in [-0.1, -0.05) is 19.0 Å². The molecule has 21 heavy (non-hydrogen) atoms. The Morgan fingerprint density at radius 3 is 3.00 bits per heavy atom. The van der Waals surface area contributed by atoms with Crippen molar-refractivity contribution in [3.8, 4) is 0 Å². The largest absolute Gasteiger partial charge is 0.377 e. The lowest BCUT2D eigenvalue weighted by atomic mass is 10.2. The van der Waals surface area contributed by atoms with E-state index < -0.39 is 0 Å². The Labute approximate surface area is 127 Å². The van der Waals surface area contributed by atoms with E-state index in [0.717, 1.165) is 36.2 Å². The standard InChI is InChI=1S/C13H19N5O2S/c1-8(2)12-15-11(16-20-12)9-5-4-6-18(9)13-14-10(7-19-3)17-21-13/h8-9H,4-7H2,1-3H3. The van der Waals surface area contributed by atoms with Gasteiger partial charge in [-0.3, -0.25) is 0 Å². The first-order chi connectivity index (χ1) is 10.2. The van der Waals surface area contributed by atoms with Crippen LogP contribution in [0, 0.1) is 0 Å². The first-order valence-electron chi connectivity index (χ1n) is 7.10. The van der Waals surface area contributed by atoms with Crippen molar-refractivity contribution in [2.75, 3.05) is 18.6 Å². The number of rotatable bonds is 5. The highest BCUT2D eigenvalue weighted by Gasteiger charge is 2.32. The maximum atomic E-state index is 5.33. The predicted molar refractivity (Wildman–Crippen MR) is 78.3 cm³/mol. The van der Waals surface area contributed by atoms with Crippen LogP contribution < -0.4 is 4.90 Å². The molecule has 0 aliphatic carbocycles. The zero-order valence-corrected chi connectivity index (χ0v) is 13.3. The first-order valence-corrected chi connectivity index (χ1v) is 7.88. The summed E-state index contributed by atoms with van der Waals surface area (Å²) in [5, 5.41) is 5.05. The van der Waals surface area contributed by atoms with Crippen LogP contribution in [0.25, 0.3) is 0 Å². The smallest absolute Gasteiger partial charge is 0.229 e. The third-order valence-corrected chi connectivity index (χ3v) is 4.27. The van der Waals surface area contributed by atoms with Crippen LogP contribution in [0.5, 0.6) is 0 Å². The van der Waals surface area contributed by atoms with Crippen LogP contribution in [0.1, 0.15) is 56.2 Å². The van der Waals surface area contributed by atoms with Gasteiger partial charge in [0.15, 0.2) is 11.6 Å². The van der Waals surface area contributed by atoms with Gasteiger partial charge in [0.2, 0.25) is 11.0 Å². The highest BCUT2D eigenvalue weighted by molar-refractivity contribution is 7.09. The molecule has 7 nitrogen and oxygen atoms in total. The van der Waals surface area contributed by atoms with Crippen molar-refractivity contribution >= 4 is 16.7 Å². The van der Waals surface area contributed by atoms with Crippen LogP contribution in [-0.2, 0) is 11.3 Å². The minimum atomic E-state index is 0.129. The lowest BCUT2D eigenvalue weighted by molar-refractivity contribution is 0.179. The molecule has 3 heterocycles. The van der Waals surface area contributed by atoms with E-state index in [1.54, 1.807) is 7.11 Å². The number of hydrogen-bond donors (Lipinski definition) is 0. The maximum Gasteiger partial charge on any atom is 0.229 e. The van der Waals surface area contributed by atoms with Gasteiger partial charge >= 0.3 is 0 Å². The summed E-state index contributed by atoms with van der Waals surface area (Å²) in [6.45, 7) is 5.48. The fraction of sp³-hybridized carbons (Fsp3) is 0.692. The molecule has 1 atom stereocenters. The molecule has 2 aromatic heterocycles. The van der Waals surface area contributed by atoms with Gasteiger partial charge in [-0.2, -0.15) is 9.36 Å². The number of aromatic nitrogens is 4. The molecular weight excluding hydrogens is 290 g/mol.